The maximum atomic E-state index is 12.4. The minimum Gasteiger partial charge on any atom is -0.462 e. The number of esters is 2. The van der Waals surface area contributed by atoms with E-state index in [1.165, 1.54) is 83.5 Å². The summed E-state index contributed by atoms with van der Waals surface area (Å²) in [4.78, 5) is 42.8. The van der Waals surface area contributed by atoms with Crippen LogP contribution < -0.4 is 0 Å². The largest absolute Gasteiger partial charge is 0.469 e. The lowest BCUT2D eigenvalue weighted by Crippen LogP contribution is -2.29. The third kappa shape index (κ3) is 40.5. The third-order valence-electron chi connectivity index (χ3n) is 8.51. The van der Waals surface area contributed by atoms with Gasteiger partial charge in [-0.2, -0.15) is 0 Å². The number of unbranched alkanes of at least 4 members (excludes halogenated alkanes) is 17. The van der Waals surface area contributed by atoms with Crippen LogP contribution in [0.2, 0.25) is 0 Å². The van der Waals surface area contributed by atoms with Crippen LogP contribution in [0.15, 0.2) is 60.8 Å². The normalized spacial score (nSPS) is 13.1. The molecule has 0 amide bonds. The molecule has 0 aromatic heterocycles. The standard InChI is InChI=1S/C43H75O8P/c1-3-5-7-9-11-13-15-17-19-20-21-22-24-26-28-30-32-34-36-38-43(45)51-41(40-50-52(46,47)48)39-49-42(44)37-35-33-31-29-27-25-23-18-16-14-12-10-8-6-4-2/h10-13,17,19,21-22,26,28,41H,3-9,14-16,18,20,23-25,27,29-40H2,1-2H3,(H2,46,47,48)/b12-10+,13-11+,19-17+,22-21+,28-26+/t41-/m1/s1. The fourth-order valence-corrected chi connectivity index (χ4v) is 5.76. The predicted molar refractivity (Wildman–Crippen MR) is 216 cm³/mol. The van der Waals surface area contributed by atoms with Crippen LogP contribution in [0.5, 0.6) is 0 Å². The van der Waals surface area contributed by atoms with Crippen molar-refractivity contribution in [3.63, 3.8) is 0 Å². The van der Waals surface area contributed by atoms with Crippen LogP contribution in [0, 0.1) is 0 Å². The van der Waals surface area contributed by atoms with Crippen molar-refractivity contribution < 1.29 is 37.9 Å². The van der Waals surface area contributed by atoms with Gasteiger partial charge in [0.25, 0.3) is 0 Å². The van der Waals surface area contributed by atoms with Crippen LogP contribution in [0.25, 0.3) is 0 Å². The third-order valence-corrected chi connectivity index (χ3v) is 8.99. The number of hydrogen-bond donors (Lipinski definition) is 2. The highest BCUT2D eigenvalue weighted by atomic mass is 31.2. The lowest BCUT2D eigenvalue weighted by molar-refractivity contribution is -0.161. The average molecular weight is 751 g/mol. The zero-order valence-electron chi connectivity index (χ0n) is 32.9. The molecule has 52 heavy (non-hydrogen) atoms. The van der Waals surface area contributed by atoms with E-state index in [0.717, 1.165) is 57.8 Å². The Balaban J connectivity index is 4.01. The molecule has 0 aliphatic heterocycles. The van der Waals surface area contributed by atoms with E-state index in [1.807, 2.05) is 0 Å². The van der Waals surface area contributed by atoms with Gasteiger partial charge in [-0.3, -0.25) is 14.1 Å². The van der Waals surface area contributed by atoms with Gasteiger partial charge in [0.1, 0.15) is 6.61 Å². The first-order chi connectivity index (χ1) is 25.3. The van der Waals surface area contributed by atoms with Crippen molar-refractivity contribution in [3.05, 3.63) is 60.8 Å². The molecule has 0 bridgehead atoms. The van der Waals surface area contributed by atoms with Gasteiger partial charge in [-0.25, -0.2) is 4.57 Å². The SMILES string of the molecule is CCCC/C=C/CCCCCCCCCCCC(=O)OC[C@H](COP(=O)(O)O)OC(=O)CCCCC/C=C/C/C=C/C/C=C/C/C=C/CCCCC. The number of phosphoric acid groups is 1. The van der Waals surface area contributed by atoms with E-state index in [1.54, 1.807) is 0 Å². The number of rotatable bonds is 37. The first-order valence-corrected chi connectivity index (χ1v) is 22.1. The van der Waals surface area contributed by atoms with Crippen LogP contribution in [0.3, 0.4) is 0 Å². The van der Waals surface area contributed by atoms with Crippen molar-refractivity contribution >= 4 is 19.8 Å². The fourth-order valence-electron chi connectivity index (χ4n) is 5.40. The molecule has 0 aliphatic rings. The van der Waals surface area contributed by atoms with Crippen molar-refractivity contribution in [3.8, 4) is 0 Å². The second-order valence-corrected chi connectivity index (χ2v) is 14.8. The Kier molecular flexibility index (Phi) is 36.8. The molecule has 0 radical (unpaired) electrons. The molecule has 1 atom stereocenters. The minimum absolute atomic E-state index is 0.172. The van der Waals surface area contributed by atoms with Gasteiger partial charge >= 0.3 is 19.8 Å². The summed E-state index contributed by atoms with van der Waals surface area (Å²) >= 11 is 0. The van der Waals surface area contributed by atoms with Crippen LogP contribution in [0.4, 0.5) is 0 Å². The molecule has 8 nitrogen and oxygen atoms in total. The zero-order chi connectivity index (χ0) is 38.2. The molecule has 300 valence electrons. The summed E-state index contributed by atoms with van der Waals surface area (Å²) in [6.45, 7) is 3.59. The van der Waals surface area contributed by atoms with Crippen LogP contribution in [-0.4, -0.2) is 41.0 Å². The van der Waals surface area contributed by atoms with E-state index in [0.29, 0.717) is 12.8 Å². The maximum absolute atomic E-state index is 12.4. The molecule has 0 saturated carbocycles. The Hall–Kier alpha value is -2.25. The molecule has 0 spiro atoms. The second kappa shape index (κ2) is 38.5. The Morgan fingerprint density at radius 2 is 0.885 bits per heavy atom. The number of carbonyl (C=O) groups excluding carboxylic acids is 2. The molecule has 0 fully saturated rings. The number of hydrogen-bond acceptors (Lipinski definition) is 6. The van der Waals surface area contributed by atoms with Gasteiger partial charge in [0.2, 0.25) is 0 Å². The first-order valence-electron chi connectivity index (χ1n) is 20.6. The molecule has 2 N–H and O–H groups in total. The predicted octanol–water partition coefficient (Wildman–Crippen LogP) is 12.5. The summed E-state index contributed by atoms with van der Waals surface area (Å²) in [7, 11) is -4.76. The van der Waals surface area contributed by atoms with Gasteiger partial charge in [0.15, 0.2) is 6.10 Å². The Labute approximate surface area is 317 Å². The van der Waals surface area contributed by atoms with Crippen molar-refractivity contribution in [2.45, 2.75) is 187 Å². The maximum Gasteiger partial charge on any atom is 0.469 e. The highest BCUT2D eigenvalue weighted by Gasteiger charge is 2.22. The first kappa shape index (κ1) is 49.8. The number of carbonyl (C=O) groups is 2. The van der Waals surface area contributed by atoms with E-state index in [4.69, 9.17) is 19.3 Å². The average Bonchev–Trinajstić information content (AvgIpc) is 3.11. The fraction of sp³-hybridized carbons (Fsp3) is 0.721. The number of ether oxygens (including phenoxy) is 2. The molecular weight excluding hydrogens is 675 g/mol. The Morgan fingerprint density at radius 1 is 0.500 bits per heavy atom. The van der Waals surface area contributed by atoms with Crippen LogP contribution in [0.1, 0.15) is 181 Å². The lowest BCUT2D eigenvalue weighted by atomic mass is 10.1. The van der Waals surface area contributed by atoms with Gasteiger partial charge in [-0.1, -0.05) is 152 Å². The molecule has 0 heterocycles. The molecule has 0 unspecified atom stereocenters. The van der Waals surface area contributed by atoms with Crippen LogP contribution >= 0.6 is 7.82 Å². The van der Waals surface area contributed by atoms with E-state index in [9.17, 15) is 14.2 Å². The highest BCUT2D eigenvalue weighted by Crippen LogP contribution is 2.36. The zero-order valence-corrected chi connectivity index (χ0v) is 33.8. The van der Waals surface area contributed by atoms with Crippen LogP contribution in [-0.2, 0) is 28.2 Å². The summed E-state index contributed by atoms with van der Waals surface area (Å²) in [5.74, 6) is -0.926. The monoisotopic (exact) mass is 751 g/mol. The van der Waals surface area contributed by atoms with E-state index >= 15 is 0 Å². The minimum atomic E-state index is -4.76. The number of phosphoric ester groups is 1. The lowest BCUT2D eigenvalue weighted by Gasteiger charge is -2.18. The summed E-state index contributed by atoms with van der Waals surface area (Å²) in [6.07, 6.45) is 47.9. The number of allylic oxidation sites excluding steroid dienone is 10. The summed E-state index contributed by atoms with van der Waals surface area (Å²) < 4.78 is 26.3. The van der Waals surface area contributed by atoms with Gasteiger partial charge in [-0.15, -0.1) is 0 Å². The smallest absolute Gasteiger partial charge is 0.462 e. The molecule has 0 aliphatic carbocycles. The molecule has 0 rings (SSSR count). The van der Waals surface area contributed by atoms with Crippen molar-refractivity contribution in [1.82, 2.24) is 0 Å². The molecule has 0 aromatic carbocycles. The van der Waals surface area contributed by atoms with Crippen molar-refractivity contribution in [1.29, 1.82) is 0 Å². The Bertz CT molecular complexity index is 1030. The van der Waals surface area contributed by atoms with Gasteiger partial charge in [-0.05, 0) is 77.0 Å². The van der Waals surface area contributed by atoms with Gasteiger partial charge < -0.3 is 19.3 Å². The molecule has 0 saturated heterocycles. The molecular formula is C43H75O8P. The highest BCUT2D eigenvalue weighted by molar-refractivity contribution is 7.46. The van der Waals surface area contributed by atoms with Gasteiger partial charge in [0.05, 0.1) is 6.61 Å². The topological polar surface area (TPSA) is 119 Å². The second-order valence-electron chi connectivity index (χ2n) is 13.6. The van der Waals surface area contributed by atoms with E-state index < -0.39 is 32.5 Å². The van der Waals surface area contributed by atoms with E-state index in [2.05, 4.69) is 79.1 Å². The molecule has 0 aromatic rings. The summed E-state index contributed by atoms with van der Waals surface area (Å²) in [5, 5.41) is 0. The van der Waals surface area contributed by atoms with Crippen molar-refractivity contribution in [2.75, 3.05) is 13.2 Å². The van der Waals surface area contributed by atoms with Gasteiger partial charge in [0, 0.05) is 12.8 Å². The summed E-state index contributed by atoms with van der Waals surface area (Å²) in [6, 6.07) is 0. The Morgan fingerprint density at radius 3 is 1.38 bits per heavy atom. The van der Waals surface area contributed by atoms with E-state index in [-0.39, 0.29) is 19.4 Å². The summed E-state index contributed by atoms with van der Waals surface area (Å²) in [5.41, 5.74) is 0. The quantitative estimate of drug-likeness (QED) is 0.0279. The molecule has 9 heteroatoms. The van der Waals surface area contributed by atoms with Crippen molar-refractivity contribution in [2.24, 2.45) is 0 Å².